The molecule has 1 aromatic rings. The van der Waals surface area contributed by atoms with E-state index >= 15 is 0 Å². The Kier molecular flexibility index (Phi) is 11.7. The van der Waals surface area contributed by atoms with E-state index in [9.17, 15) is 23.6 Å². The molecule has 11 heteroatoms. The van der Waals surface area contributed by atoms with Crippen LogP contribution in [0.15, 0.2) is 36.9 Å². The van der Waals surface area contributed by atoms with Crippen LogP contribution in [0.1, 0.15) is 45.6 Å². The van der Waals surface area contributed by atoms with Crippen LogP contribution in [0.5, 0.6) is 0 Å². The standard InChI is InChI=1S/C27H39FN4O6/c1-6-15-37-26(36)32(17-21(18-33)30-25(35)38-27(2,3)4)14-13-22-11-12-23(31(22)5)24(34)29-16-19-7-9-20(28)10-8-19/h6-10,18,21-23H,1,11-17H2,2-5H3,(H,29,34)(H,30,35). The molecule has 38 heavy (non-hydrogen) atoms. The Morgan fingerprint density at radius 3 is 2.53 bits per heavy atom. The lowest BCUT2D eigenvalue weighted by molar-refractivity contribution is -0.125. The Bertz CT molecular complexity index is 965. The van der Waals surface area contributed by atoms with Crippen molar-refractivity contribution in [3.63, 3.8) is 0 Å². The van der Waals surface area contributed by atoms with Crippen molar-refractivity contribution in [1.82, 2.24) is 20.4 Å². The molecule has 3 amide bonds. The maximum atomic E-state index is 13.1. The fourth-order valence-corrected chi connectivity index (χ4v) is 4.19. The highest BCUT2D eigenvalue weighted by Gasteiger charge is 2.35. The van der Waals surface area contributed by atoms with Gasteiger partial charge in [-0.25, -0.2) is 14.0 Å². The van der Waals surface area contributed by atoms with E-state index in [0.29, 0.717) is 25.7 Å². The first-order valence-electron chi connectivity index (χ1n) is 12.6. The third-order valence-corrected chi connectivity index (χ3v) is 6.12. The molecule has 3 atom stereocenters. The predicted octanol–water partition coefficient (Wildman–Crippen LogP) is 3.01. The van der Waals surface area contributed by atoms with Gasteiger partial charge in [0.25, 0.3) is 0 Å². The fourth-order valence-electron chi connectivity index (χ4n) is 4.19. The van der Waals surface area contributed by atoms with E-state index in [4.69, 9.17) is 9.47 Å². The second kappa shape index (κ2) is 14.5. The molecule has 1 heterocycles. The number of benzene rings is 1. The predicted molar refractivity (Wildman–Crippen MR) is 140 cm³/mol. The average molecular weight is 535 g/mol. The Morgan fingerprint density at radius 2 is 1.92 bits per heavy atom. The maximum absolute atomic E-state index is 13.1. The Balaban J connectivity index is 1.94. The number of hydrogen-bond donors (Lipinski definition) is 2. The van der Waals surface area contributed by atoms with Crippen molar-refractivity contribution < 1.29 is 33.0 Å². The third kappa shape index (κ3) is 10.1. The van der Waals surface area contributed by atoms with Gasteiger partial charge in [0.05, 0.1) is 12.6 Å². The number of nitrogens with zero attached hydrogens (tertiary/aromatic N) is 2. The molecule has 2 rings (SSSR count). The van der Waals surface area contributed by atoms with Crippen molar-refractivity contribution in [2.45, 2.75) is 70.3 Å². The number of amides is 3. The van der Waals surface area contributed by atoms with E-state index in [1.165, 1.54) is 23.1 Å². The summed E-state index contributed by atoms with van der Waals surface area (Å²) in [6.07, 6.45) is 2.49. The van der Waals surface area contributed by atoms with Crippen LogP contribution in [0.2, 0.25) is 0 Å². The molecule has 2 N–H and O–H groups in total. The number of likely N-dealkylation sites (tertiary alicyclic amines) is 1. The van der Waals surface area contributed by atoms with Gasteiger partial charge in [0.1, 0.15) is 30.4 Å². The molecule has 0 aromatic heterocycles. The first-order chi connectivity index (χ1) is 17.9. The molecule has 0 spiro atoms. The number of halogens is 1. The van der Waals surface area contributed by atoms with Gasteiger partial charge in [-0.3, -0.25) is 9.69 Å². The molecule has 1 aliphatic rings. The zero-order valence-electron chi connectivity index (χ0n) is 22.6. The van der Waals surface area contributed by atoms with Crippen molar-refractivity contribution >= 4 is 24.4 Å². The second-order valence-corrected chi connectivity index (χ2v) is 10.2. The van der Waals surface area contributed by atoms with E-state index < -0.39 is 23.8 Å². The van der Waals surface area contributed by atoms with E-state index in [1.54, 1.807) is 32.9 Å². The average Bonchev–Trinajstić information content (AvgIpc) is 3.22. The van der Waals surface area contributed by atoms with Crippen molar-refractivity contribution in [3.8, 4) is 0 Å². The summed E-state index contributed by atoms with van der Waals surface area (Å²) in [5.74, 6) is -0.454. The summed E-state index contributed by atoms with van der Waals surface area (Å²) >= 11 is 0. The number of carbonyl (C=O) groups is 4. The first kappa shape index (κ1) is 30.8. The third-order valence-electron chi connectivity index (χ3n) is 6.12. The van der Waals surface area contributed by atoms with Crippen LogP contribution in [-0.2, 0) is 25.6 Å². The number of ether oxygens (including phenoxy) is 2. The number of aldehydes is 1. The van der Waals surface area contributed by atoms with Crippen LogP contribution in [0.4, 0.5) is 14.0 Å². The van der Waals surface area contributed by atoms with Gasteiger partial charge in [0, 0.05) is 19.1 Å². The summed E-state index contributed by atoms with van der Waals surface area (Å²) in [5.41, 5.74) is 0.0602. The summed E-state index contributed by atoms with van der Waals surface area (Å²) in [4.78, 5) is 52.5. The van der Waals surface area contributed by atoms with Crippen LogP contribution in [0.3, 0.4) is 0 Å². The van der Waals surface area contributed by atoms with Crippen LogP contribution >= 0.6 is 0 Å². The molecule has 210 valence electrons. The number of likely N-dealkylation sites (N-methyl/N-ethyl adjacent to an activating group) is 1. The van der Waals surface area contributed by atoms with Gasteiger partial charge in [-0.15, -0.1) is 0 Å². The lowest BCUT2D eigenvalue weighted by Gasteiger charge is -2.29. The van der Waals surface area contributed by atoms with E-state index in [0.717, 1.165) is 12.0 Å². The molecular weight excluding hydrogens is 495 g/mol. The molecule has 10 nitrogen and oxygen atoms in total. The van der Waals surface area contributed by atoms with E-state index in [-0.39, 0.29) is 43.5 Å². The van der Waals surface area contributed by atoms with Gasteiger partial charge in [-0.2, -0.15) is 0 Å². The fraction of sp³-hybridized carbons (Fsp3) is 0.556. The van der Waals surface area contributed by atoms with Gasteiger partial charge >= 0.3 is 12.2 Å². The zero-order valence-corrected chi connectivity index (χ0v) is 22.6. The minimum absolute atomic E-state index is 0.000214. The van der Waals surface area contributed by atoms with Crippen LogP contribution in [-0.4, -0.2) is 84.7 Å². The van der Waals surface area contributed by atoms with Crippen molar-refractivity contribution in [1.29, 1.82) is 0 Å². The molecule has 3 unspecified atom stereocenters. The number of hydrogen-bond acceptors (Lipinski definition) is 7. The van der Waals surface area contributed by atoms with Gasteiger partial charge in [-0.1, -0.05) is 24.8 Å². The molecule has 0 aliphatic carbocycles. The zero-order chi connectivity index (χ0) is 28.3. The second-order valence-electron chi connectivity index (χ2n) is 10.2. The lowest BCUT2D eigenvalue weighted by atomic mass is 10.1. The molecule has 1 aliphatic heterocycles. The Morgan fingerprint density at radius 1 is 1.24 bits per heavy atom. The highest BCUT2D eigenvalue weighted by molar-refractivity contribution is 5.82. The van der Waals surface area contributed by atoms with Crippen molar-refractivity contribution in [2.75, 3.05) is 26.7 Å². The molecule has 0 radical (unpaired) electrons. The SMILES string of the molecule is C=CCOC(=O)N(CCC1CCC(C(=O)NCc2ccc(F)cc2)N1C)CC(C=O)NC(=O)OC(C)(C)C. The maximum Gasteiger partial charge on any atom is 0.410 e. The molecular formula is C27H39FN4O6. The van der Waals surface area contributed by atoms with E-state index in [1.807, 2.05) is 11.9 Å². The lowest BCUT2D eigenvalue weighted by Crippen LogP contribution is -2.49. The molecule has 1 aromatic carbocycles. The van der Waals surface area contributed by atoms with Crippen LogP contribution in [0.25, 0.3) is 0 Å². The highest BCUT2D eigenvalue weighted by atomic mass is 19.1. The van der Waals surface area contributed by atoms with E-state index in [2.05, 4.69) is 17.2 Å². The summed E-state index contributed by atoms with van der Waals surface area (Å²) in [7, 11) is 1.86. The minimum atomic E-state index is -0.993. The van der Waals surface area contributed by atoms with Gasteiger partial charge in [0.15, 0.2) is 0 Å². The number of nitrogens with one attached hydrogen (secondary N) is 2. The van der Waals surface area contributed by atoms with Crippen molar-refractivity contribution in [3.05, 3.63) is 48.3 Å². The summed E-state index contributed by atoms with van der Waals surface area (Å²) in [6, 6.07) is 4.64. The van der Waals surface area contributed by atoms with Gasteiger partial charge in [-0.05, 0) is 64.8 Å². The van der Waals surface area contributed by atoms with Gasteiger partial charge < -0.3 is 29.8 Å². The molecule has 1 fully saturated rings. The Labute approximate surface area is 223 Å². The summed E-state index contributed by atoms with van der Waals surface area (Å²) in [6.45, 7) is 9.10. The summed E-state index contributed by atoms with van der Waals surface area (Å²) in [5, 5.41) is 5.37. The topological polar surface area (TPSA) is 117 Å². The normalized spacial score (nSPS) is 18.2. The monoisotopic (exact) mass is 534 g/mol. The van der Waals surface area contributed by atoms with Crippen molar-refractivity contribution in [2.24, 2.45) is 0 Å². The smallest absolute Gasteiger partial charge is 0.410 e. The molecule has 1 saturated heterocycles. The molecule has 0 bridgehead atoms. The number of rotatable bonds is 12. The number of alkyl carbamates (subject to hydrolysis) is 1. The van der Waals surface area contributed by atoms with Crippen LogP contribution < -0.4 is 10.6 Å². The Hall–Kier alpha value is -3.47. The highest BCUT2D eigenvalue weighted by Crippen LogP contribution is 2.25. The van der Waals surface area contributed by atoms with Gasteiger partial charge in [0.2, 0.25) is 5.91 Å². The van der Waals surface area contributed by atoms with Crippen LogP contribution in [0, 0.1) is 5.82 Å². The first-order valence-corrected chi connectivity index (χ1v) is 12.6. The summed E-state index contributed by atoms with van der Waals surface area (Å²) < 4.78 is 23.5. The largest absolute Gasteiger partial charge is 0.445 e. The molecule has 0 saturated carbocycles. The quantitative estimate of drug-likeness (QED) is 0.313. The minimum Gasteiger partial charge on any atom is -0.445 e. The number of carbonyl (C=O) groups excluding carboxylic acids is 4.